The second kappa shape index (κ2) is 4.46. The molecule has 0 atom stereocenters. The molecule has 100 valence electrons. The van der Waals surface area contributed by atoms with E-state index in [1.807, 2.05) is 0 Å². The van der Waals surface area contributed by atoms with Crippen molar-refractivity contribution in [3.05, 3.63) is 24.2 Å². The quantitative estimate of drug-likeness (QED) is 0.737. The first-order valence-corrected chi connectivity index (χ1v) is 5.86. The molecule has 0 amide bonds. The standard InChI is InChI=1S/C13H15N3O3/c1-8(17)9-5-6-14-11-10(9)15-7-16(11)12(18)19-13(2,3)4/h5-7H,1-4H3. The van der Waals surface area contributed by atoms with E-state index in [4.69, 9.17) is 4.74 Å². The van der Waals surface area contributed by atoms with Crippen molar-refractivity contribution in [2.75, 3.05) is 0 Å². The molecule has 2 aromatic rings. The van der Waals surface area contributed by atoms with Gasteiger partial charge in [0.2, 0.25) is 0 Å². The lowest BCUT2D eigenvalue weighted by Crippen LogP contribution is -2.26. The van der Waals surface area contributed by atoms with Gasteiger partial charge >= 0.3 is 6.09 Å². The highest BCUT2D eigenvalue weighted by Gasteiger charge is 2.21. The van der Waals surface area contributed by atoms with E-state index in [-0.39, 0.29) is 5.78 Å². The van der Waals surface area contributed by atoms with E-state index in [1.54, 1.807) is 26.8 Å². The normalized spacial score (nSPS) is 11.6. The number of carbonyl (C=O) groups excluding carboxylic acids is 2. The average Bonchev–Trinajstić information content (AvgIpc) is 2.69. The molecule has 0 aliphatic carbocycles. The third kappa shape index (κ3) is 2.62. The summed E-state index contributed by atoms with van der Waals surface area (Å²) in [5.41, 5.74) is 0.557. The van der Waals surface area contributed by atoms with Gasteiger partial charge in [-0.2, -0.15) is 0 Å². The molecule has 0 spiro atoms. The molecule has 0 aliphatic rings. The summed E-state index contributed by atoms with van der Waals surface area (Å²) >= 11 is 0. The Hall–Kier alpha value is -2.24. The molecule has 0 aromatic carbocycles. The van der Waals surface area contributed by atoms with Crippen LogP contribution in [0, 0.1) is 0 Å². The minimum absolute atomic E-state index is 0.123. The van der Waals surface area contributed by atoms with Gasteiger partial charge in [-0.25, -0.2) is 19.3 Å². The van der Waals surface area contributed by atoms with Crippen molar-refractivity contribution < 1.29 is 14.3 Å². The SMILES string of the molecule is CC(=O)c1ccnc2c1ncn2C(=O)OC(C)(C)C. The first-order chi connectivity index (χ1) is 8.79. The van der Waals surface area contributed by atoms with Crippen LogP contribution in [0.1, 0.15) is 38.1 Å². The second-order valence-electron chi connectivity index (χ2n) is 5.18. The molecule has 0 bridgehead atoms. The highest BCUT2D eigenvalue weighted by molar-refractivity contribution is 6.04. The molecule has 0 saturated heterocycles. The van der Waals surface area contributed by atoms with E-state index in [2.05, 4.69) is 9.97 Å². The Bertz CT molecular complexity index is 653. The average molecular weight is 261 g/mol. The zero-order chi connectivity index (χ0) is 14.2. The van der Waals surface area contributed by atoms with Gasteiger partial charge in [0.25, 0.3) is 0 Å². The summed E-state index contributed by atoms with van der Waals surface area (Å²) in [6.45, 7) is 6.77. The molecule has 2 rings (SSSR count). The summed E-state index contributed by atoms with van der Waals surface area (Å²) in [7, 11) is 0. The van der Waals surface area contributed by atoms with Gasteiger partial charge in [-0.1, -0.05) is 0 Å². The summed E-state index contributed by atoms with van der Waals surface area (Å²) in [6.07, 6.45) is 2.22. The molecule has 2 heterocycles. The number of rotatable bonds is 1. The number of ether oxygens (including phenoxy) is 1. The number of fused-ring (bicyclic) bond motifs is 1. The smallest absolute Gasteiger partial charge is 0.421 e. The van der Waals surface area contributed by atoms with Crippen LogP contribution in [0.2, 0.25) is 0 Å². The molecular weight excluding hydrogens is 246 g/mol. The summed E-state index contributed by atoms with van der Waals surface area (Å²) in [6, 6.07) is 1.58. The Morgan fingerprint density at radius 1 is 1.26 bits per heavy atom. The predicted molar refractivity (Wildman–Crippen MR) is 69.2 cm³/mol. The third-order valence-electron chi connectivity index (χ3n) is 2.40. The first-order valence-electron chi connectivity index (χ1n) is 5.86. The molecule has 2 aromatic heterocycles. The van der Waals surface area contributed by atoms with Crippen molar-refractivity contribution >= 4 is 23.0 Å². The number of carbonyl (C=O) groups is 2. The van der Waals surface area contributed by atoms with Gasteiger partial charge < -0.3 is 4.74 Å². The highest BCUT2D eigenvalue weighted by atomic mass is 16.6. The van der Waals surface area contributed by atoms with Crippen LogP contribution in [0.5, 0.6) is 0 Å². The Morgan fingerprint density at radius 2 is 1.95 bits per heavy atom. The van der Waals surface area contributed by atoms with Gasteiger partial charge in [0.1, 0.15) is 17.4 Å². The maximum atomic E-state index is 12.0. The molecule has 19 heavy (non-hydrogen) atoms. The molecule has 6 nitrogen and oxygen atoms in total. The van der Waals surface area contributed by atoms with Gasteiger partial charge in [0.05, 0.1) is 0 Å². The fraction of sp³-hybridized carbons (Fsp3) is 0.385. The Kier molecular flexibility index (Phi) is 3.09. The van der Waals surface area contributed by atoms with Gasteiger partial charge in [-0.15, -0.1) is 0 Å². The summed E-state index contributed by atoms with van der Waals surface area (Å²) in [4.78, 5) is 31.6. The zero-order valence-corrected chi connectivity index (χ0v) is 11.3. The van der Waals surface area contributed by atoms with Crippen molar-refractivity contribution in [1.82, 2.24) is 14.5 Å². The Balaban J connectivity index is 2.50. The zero-order valence-electron chi connectivity index (χ0n) is 11.3. The molecule has 0 aliphatic heterocycles. The van der Waals surface area contributed by atoms with E-state index < -0.39 is 11.7 Å². The number of hydrogen-bond acceptors (Lipinski definition) is 5. The number of Topliss-reactive ketones (excluding diaryl/α,β-unsaturated/α-hetero) is 1. The van der Waals surface area contributed by atoms with Crippen molar-refractivity contribution in [3.8, 4) is 0 Å². The topological polar surface area (TPSA) is 74.1 Å². The lowest BCUT2D eigenvalue weighted by molar-refractivity contribution is 0.0542. The lowest BCUT2D eigenvalue weighted by atomic mass is 10.2. The van der Waals surface area contributed by atoms with Gasteiger partial charge in [0.15, 0.2) is 11.4 Å². The molecule has 6 heteroatoms. The molecule has 0 fully saturated rings. The van der Waals surface area contributed by atoms with Gasteiger partial charge in [0, 0.05) is 11.8 Å². The number of pyridine rings is 1. The Morgan fingerprint density at radius 3 is 2.53 bits per heavy atom. The van der Waals surface area contributed by atoms with E-state index in [9.17, 15) is 9.59 Å². The predicted octanol–water partition coefficient (Wildman–Crippen LogP) is 2.42. The van der Waals surface area contributed by atoms with Gasteiger partial charge in [-0.05, 0) is 33.8 Å². The van der Waals surface area contributed by atoms with E-state index in [1.165, 1.54) is 24.0 Å². The lowest BCUT2D eigenvalue weighted by Gasteiger charge is -2.19. The van der Waals surface area contributed by atoms with Crippen LogP contribution in [0.4, 0.5) is 4.79 Å². The fourth-order valence-electron chi connectivity index (χ4n) is 1.65. The second-order valence-corrected chi connectivity index (χ2v) is 5.18. The van der Waals surface area contributed by atoms with Crippen LogP contribution in [-0.2, 0) is 4.74 Å². The van der Waals surface area contributed by atoms with Crippen LogP contribution in [0.15, 0.2) is 18.6 Å². The van der Waals surface area contributed by atoms with Crippen LogP contribution in [-0.4, -0.2) is 32.0 Å². The third-order valence-corrected chi connectivity index (χ3v) is 2.40. The number of aromatic nitrogens is 3. The van der Waals surface area contributed by atoms with E-state index in [0.717, 1.165) is 0 Å². The van der Waals surface area contributed by atoms with E-state index in [0.29, 0.717) is 16.7 Å². The fourth-order valence-corrected chi connectivity index (χ4v) is 1.65. The number of imidazole rings is 1. The van der Waals surface area contributed by atoms with Crippen LogP contribution in [0.25, 0.3) is 11.2 Å². The minimum atomic E-state index is -0.605. The van der Waals surface area contributed by atoms with Crippen LogP contribution < -0.4 is 0 Å². The number of ketones is 1. The van der Waals surface area contributed by atoms with Crippen molar-refractivity contribution in [2.45, 2.75) is 33.3 Å². The summed E-state index contributed by atoms with van der Waals surface area (Å²) < 4.78 is 6.45. The molecule has 0 unspecified atom stereocenters. The van der Waals surface area contributed by atoms with Crippen molar-refractivity contribution in [1.29, 1.82) is 0 Å². The molecule has 0 radical (unpaired) electrons. The first kappa shape index (κ1) is 13.2. The minimum Gasteiger partial charge on any atom is -0.443 e. The Labute approximate surface area is 110 Å². The number of nitrogens with zero attached hydrogens (tertiary/aromatic N) is 3. The van der Waals surface area contributed by atoms with Crippen LogP contribution in [0.3, 0.4) is 0 Å². The molecule has 0 saturated carbocycles. The number of hydrogen-bond donors (Lipinski definition) is 0. The summed E-state index contributed by atoms with van der Waals surface area (Å²) in [5.74, 6) is -0.123. The monoisotopic (exact) mass is 261 g/mol. The molecular formula is C13H15N3O3. The van der Waals surface area contributed by atoms with Crippen molar-refractivity contribution in [3.63, 3.8) is 0 Å². The molecule has 0 N–H and O–H groups in total. The van der Waals surface area contributed by atoms with Crippen molar-refractivity contribution in [2.24, 2.45) is 0 Å². The largest absolute Gasteiger partial charge is 0.443 e. The van der Waals surface area contributed by atoms with E-state index >= 15 is 0 Å². The maximum Gasteiger partial charge on any atom is 0.421 e. The highest BCUT2D eigenvalue weighted by Crippen LogP contribution is 2.17. The van der Waals surface area contributed by atoms with Gasteiger partial charge in [-0.3, -0.25) is 4.79 Å². The summed E-state index contributed by atoms with van der Waals surface area (Å²) in [5, 5.41) is 0. The van der Waals surface area contributed by atoms with Crippen LogP contribution >= 0.6 is 0 Å². The maximum absolute atomic E-state index is 12.0.